The molecule has 0 spiro atoms. The van der Waals surface area contributed by atoms with Crippen molar-refractivity contribution >= 4 is 0 Å². The van der Waals surface area contributed by atoms with Crippen molar-refractivity contribution in [2.75, 3.05) is 0 Å². The summed E-state index contributed by atoms with van der Waals surface area (Å²) in [6, 6.07) is 0. The van der Waals surface area contributed by atoms with Crippen LogP contribution in [0, 0.1) is 11.3 Å². The predicted molar refractivity (Wildman–Crippen MR) is 55.4 cm³/mol. The third-order valence-electron chi connectivity index (χ3n) is 2.58. The molecule has 1 nitrogen and oxygen atoms in total. The Hall–Kier alpha value is -1.20. The fourth-order valence-electron chi connectivity index (χ4n) is 1.21. The first kappa shape index (κ1) is 9.88. The second-order valence-electron chi connectivity index (χ2n) is 3.93. The molecule has 0 aliphatic heterocycles. The summed E-state index contributed by atoms with van der Waals surface area (Å²) in [5, 5.41) is 9.49. The quantitative estimate of drug-likeness (QED) is 0.607. The summed E-state index contributed by atoms with van der Waals surface area (Å²) in [6.07, 6.45) is 9.33. The smallest absolute Gasteiger partial charge is 0.120 e. The Morgan fingerprint density at radius 2 is 2.15 bits per heavy atom. The van der Waals surface area contributed by atoms with Gasteiger partial charge in [0.2, 0.25) is 0 Å². The van der Waals surface area contributed by atoms with Crippen molar-refractivity contribution in [3.05, 3.63) is 41.9 Å². The molecule has 0 saturated heterocycles. The number of aliphatic hydroxyl groups is 1. The van der Waals surface area contributed by atoms with Crippen LogP contribution >= 0.6 is 0 Å². The van der Waals surface area contributed by atoms with E-state index in [4.69, 9.17) is 0 Å². The Balaban J connectivity index is 3.08. The van der Waals surface area contributed by atoms with Crippen molar-refractivity contribution in [2.45, 2.75) is 20.8 Å². The molecule has 0 bridgehead atoms. The minimum atomic E-state index is -0.0703. The third-order valence-corrected chi connectivity index (χ3v) is 2.58. The molecule has 1 aliphatic rings. The molecule has 1 unspecified atom stereocenters. The largest absolute Gasteiger partial charge is 0.508 e. The van der Waals surface area contributed by atoms with Gasteiger partial charge in [0.25, 0.3) is 0 Å². The third kappa shape index (κ3) is 2.37. The second-order valence-corrected chi connectivity index (χ2v) is 3.93. The van der Waals surface area contributed by atoms with Crippen LogP contribution in [0.3, 0.4) is 0 Å². The van der Waals surface area contributed by atoms with Crippen LogP contribution in [0.25, 0.3) is 0 Å². The maximum Gasteiger partial charge on any atom is 0.120 e. The normalized spacial score (nSPS) is 29.7. The van der Waals surface area contributed by atoms with E-state index in [0.717, 1.165) is 0 Å². The molecule has 13 heavy (non-hydrogen) atoms. The van der Waals surface area contributed by atoms with Crippen molar-refractivity contribution < 1.29 is 5.11 Å². The molecule has 1 heteroatoms. The van der Waals surface area contributed by atoms with Crippen molar-refractivity contribution in [3.63, 3.8) is 0 Å². The van der Waals surface area contributed by atoms with E-state index in [9.17, 15) is 5.11 Å². The van der Waals surface area contributed by atoms with E-state index in [0.29, 0.717) is 5.92 Å². The molecule has 1 rings (SSSR count). The first-order valence-electron chi connectivity index (χ1n) is 4.57. The van der Waals surface area contributed by atoms with Gasteiger partial charge in [-0.05, 0) is 18.1 Å². The lowest BCUT2D eigenvalue weighted by atomic mass is 9.78. The van der Waals surface area contributed by atoms with Gasteiger partial charge >= 0.3 is 0 Å². The molecule has 70 valence electrons. The van der Waals surface area contributed by atoms with Gasteiger partial charge in [-0.15, -0.1) is 5.73 Å². The topological polar surface area (TPSA) is 20.2 Å². The van der Waals surface area contributed by atoms with Gasteiger partial charge in [0.1, 0.15) is 5.76 Å². The lowest BCUT2D eigenvalue weighted by Crippen LogP contribution is -2.18. The standard InChI is InChI=1S/C12H16O/c1-10(2)12(3)8-6-4-5-7-11(13)9-12/h4,6-10,13H,1-3H3/b8-6-,11-9?. The summed E-state index contributed by atoms with van der Waals surface area (Å²) in [4.78, 5) is 0. The molecule has 0 amide bonds. The lowest BCUT2D eigenvalue weighted by molar-refractivity contribution is 0.354. The average Bonchev–Trinajstić information content (AvgIpc) is 2.00. The monoisotopic (exact) mass is 176 g/mol. The molecule has 0 aromatic carbocycles. The first-order valence-corrected chi connectivity index (χ1v) is 4.57. The van der Waals surface area contributed by atoms with Gasteiger partial charge in [-0.3, -0.25) is 0 Å². The Kier molecular flexibility index (Phi) is 2.79. The van der Waals surface area contributed by atoms with E-state index in [1.807, 2.05) is 18.2 Å². The van der Waals surface area contributed by atoms with Gasteiger partial charge in [0.05, 0.1) is 0 Å². The molecule has 0 aromatic heterocycles. The van der Waals surface area contributed by atoms with Crippen LogP contribution in [0.15, 0.2) is 41.9 Å². The second kappa shape index (κ2) is 3.68. The number of hydrogen-bond donors (Lipinski definition) is 1. The predicted octanol–water partition coefficient (Wildman–Crippen LogP) is 3.37. The minimum absolute atomic E-state index is 0.0703. The fraction of sp³-hybridized carbons (Fsp3) is 0.417. The lowest BCUT2D eigenvalue weighted by Gasteiger charge is -2.27. The highest BCUT2D eigenvalue weighted by molar-refractivity contribution is 5.24. The van der Waals surface area contributed by atoms with Gasteiger partial charge in [0, 0.05) is 11.5 Å². The molecule has 0 saturated carbocycles. The summed E-state index contributed by atoms with van der Waals surface area (Å²) < 4.78 is 0. The van der Waals surface area contributed by atoms with E-state index in [2.05, 4.69) is 32.6 Å². The van der Waals surface area contributed by atoms with Gasteiger partial charge in [-0.1, -0.05) is 32.9 Å². The average molecular weight is 176 g/mol. The van der Waals surface area contributed by atoms with Gasteiger partial charge in [-0.2, -0.15) is 0 Å². The summed E-state index contributed by atoms with van der Waals surface area (Å²) >= 11 is 0. The molecule has 1 N–H and O–H groups in total. The highest BCUT2D eigenvalue weighted by Gasteiger charge is 2.23. The molecule has 0 heterocycles. The van der Waals surface area contributed by atoms with E-state index < -0.39 is 0 Å². The highest BCUT2D eigenvalue weighted by atomic mass is 16.3. The van der Waals surface area contributed by atoms with Crippen LogP contribution in [-0.4, -0.2) is 5.11 Å². The van der Waals surface area contributed by atoms with Crippen molar-refractivity contribution in [1.29, 1.82) is 0 Å². The van der Waals surface area contributed by atoms with Gasteiger partial charge in [-0.25, -0.2) is 0 Å². The van der Waals surface area contributed by atoms with E-state index in [-0.39, 0.29) is 11.2 Å². The molecule has 0 fully saturated rings. The number of hydrogen-bond acceptors (Lipinski definition) is 1. The van der Waals surface area contributed by atoms with Crippen LogP contribution in [-0.2, 0) is 0 Å². The van der Waals surface area contributed by atoms with E-state index in [1.54, 1.807) is 6.08 Å². The van der Waals surface area contributed by atoms with Crippen LogP contribution in [0.1, 0.15) is 20.8 Å². The molecular formula is C12H16O. The maximum absolute atomic E-state index is 9.49. The zero-order chi connectivity index (χ0) is 9.90. The summed E-state index contributed by atoms with van der Waals surface area (Å²) in [5.74, 6) is 0.752. The Morgan fingerprint density at radius 1 is 1.46 bits per heavy atom. The number of aliphatic hydroxyl groups excluding tert-OH is 1. The first-order chi connectivity index (χ1) is 6.04. The number of allylic oxidation sites excluding steroid dienone is 4. The van der Waals surface area contributed by atoms with Gasteiger partial charge in [0.15, 0.2) is 0 Å². The Morgan fingerprint density at radius 3 is 2.77 bits per heavy atom. The SMILES string of the molecule is CC(C)C1(C)C=C(O)C=C=C/C=C\1. The van der Waals surface area contributed by atoms with Crippen molar-refractivity contribution in [2.24, 2.45) is 11.3 Å². The van der Waals surface area contributed by atoms with Crippen LogP contribution in [0.4, 0.5) is 0 Å². The van der Waals surface area contributed by atoms with Gasteiger partial charge < -0.3 is 5.11 Å². The van der Waals surface area contributed by atoms with Crippen molar-refractivity contribution in [3.8, 4) is 0 Å². The summed E-state index contributed by atoms with van der Waals surface area (Å²) in [7, 11) is 0. The van der Waals surface area contributed by atoms with E-state index >= 15 is 0 Å². The zero-order valence-corrected chi connectivity index (χ0v) is 8.41. The Labute approximate surface area is 79.8 Å². The van der Waals surface area contributed by atoms with Crippen LogP contribution in [0.5, 0.6) is 0 Å². The summed E-state index contributed by atoms with van der Waals surface area (Å²) in [6.45, 7) is 6.39. The summed E-state index contributed by atoms with van der Waals surface area (Å²) in [5.41, 5.74) is 2.79. The van der Waals surface area contributed by atoms with Crippen LogP contribution < -0.4 is 0 Å². The fourth-order valence-corrected chi connectivity index (χ4v) is 1.21. The molecule has 1 aliphatic carbocycles. The Bertz CT molecular complexity index is 301. The molecule has 1 atom stereocenters. The van der Waals surface area contributed by atoms with E-state index in [1.165, 1.54) is 0 Å². The number of rotatable bonds is 1. The molecular weight excluding hydrogens is 160 g/mol. The van der Waals surface area contributed by atoms with Crippen LogP contribution in [0.2, 0.25) is 0 Å². The van der Waals surface area contributed by atoms with Crippen molar-refractivity contribution in [1.82, 2.24) is 0 Å². The molecule has 0 aromatic rings. The molecule has 0 radical (unpaired) electrons. The maximum atomic E-state index is 9.49. The highest BCUT2D eigenvalue weighted by Crippen LogP contribution is 2.31. The minimum Gasteiger partial charge on any atom is -0.508 e. The zero-order valence-electron chi connectivity index (χ0n) is 8.41.